The molecule has 0 unspecified atom stereocenters. The van der Waals surface area contributed by atoms with Crippen molar-refractivity contribution in [1.29, 1.82) is 0 Å². The monoisotopic (exact) mass is 394 g/mol. The van der Waals surface area contributed by atoms with Gasteiger partial charge in [0, 0.05) is 65.4 Å². The fraction of sp³-hybridized carbons (Fsp3) is 0.500. The largest absolute Gasteiger partial charge is 0.376 e. The zero-order valence-corrected chi connectivity index (χ0v) is 18.8. The summed E-state index contributed by atoms with van der Waals surface area (Å²) in [7, 11) is 0. The zero-order chi connectivity index (χ0) is 13.1. The fourth-order valence-corrected chi connectivity index (χ4v) is 0.750. The summed E-state index contributed by atoms with van der Waals surface area (Å²) in [5, 5.41) is 0. The second kappa shape index (κ2) is 18.2. The van der Waals surface area contributed by atoms with Crippen molar-refractivity contribution in [2.45, 2.75) is 55.4 Å². The van der Waals surface area contributed by atoms with Gasteiger partial charge in [0.15, 0.2) is 0 Å². The van der Waals surface area contributed by atoms with Gasteiger partial charge in [-0.05, 0) is 0 Å². The van der Waals surface area contributed by atoms with Gasteiger partial charge in [-0.3, -0.25) is 0 Å². The van der Waals surface area contributed by atoms with Gasteiger partial charge in [0.1, 0.15) is 0 Å². The van der Waals surface area contributed by atoms with Crippen LogP contribution < -0.4 is 0 Å². The molecule has 0 heterocycles. The van der Waals surface area contributed by atoms with Crippen LogP contribution in [0.15, 0.2) is 22.3 Å². The maximum absolute atomic E-state index is 3.03. The summed E-state index contributed by atoms with van der Waals surface area (Å²) in [6, 6.07) is 0. The number of rotatable bonds is 2. The van der Waals surface area contributed by atoms with Crippen LogP contribution in [-0.4, -0.2) is 0 Å². The van der Waals surface area contributed by atoms with E-state index in [-0.39, 0.29) is 65.4 Å². The van der Waals surface area contributed by atoms with Gasteiger partial charge in [0.25, 0.3) is 0 Å². The Hall–Kier alpha value is 1.17. The quantitative estimate of drug-likeness (QED) is 0.455. The van der Waals surface area contributed by atoms with Gasteiger partial charge < -0.3 is 46.6 Å². The first-order valence-electron chi connectivity index (χ1n) is 5.50. The van der Waals surface area contributed by atoms with Gasteiger partial charge in [-0.25, -0.2) is 0 Å². The Morgan fingerprint density at radius 2 is 0.556 bits per heavy atom. The van der Waals surface area contributed by atoms with Crippen molar-refractivity contribution >= 4 is 0 Å². The Morgan fingerprint density at radius 1 is 0.444 bits per heavy atom. The number of hydrogen-bond donors (Lipinski definition) is 0. The molecule has 18 heavy (non-hydrogen) atoms. The van der Waals surface area contributed by atoms with Crippen molar-refractivity contribution in [3.05, 3.63) is 46.6 Å². The molecule has 0 aromatic carbocycles. The Morgan fingerprint density at radius 3 is 0.611 bits per heavy atom. The van der Waals surface area contributed by atoms with E-state index >= 15 is 0 Å². The molecule has 2 heteroatoms. The minimum Gasteiger partial charge on any atom is -0.376 e. The molecule has 0 aliphatic carbocycles. The summed E-state index contributed by atoms with van der Waals surface area (Å²) in [5.41, 5.74) is 4.75. The maximum Gasteiger partial charge on any atom is 0 e. The molecule has 0 N–H and O–H groups in total. The third kappa shape index (κ3) is 15.2. The Bertz CT molecular complexity index is 241. The maximum atomic E-state index is 3.03. The third-order valence-electron chi connectivity index (χ3n) is 2.62. The van der Waals surface area contributed by atoms with E-state index in [2.05, 4.69) is 24.3 Å². The summed E-state index contributed by atoms with van der Waals surface area (Å²) < 4.78 is 0. The van der Waals surface area contributed by atoms with E-state index in [1.165, 1.54) is 22.3 Å². The van der Waals surface area contributed by atoms with Crippen LogP contribution in [0.3, 0.4) is 0 Å². The molecular weight excluding hydrogens is 370 g/mol. The topological polar surface area (TPSA) is 0 Å². The van der Waals surface area contributed by atoms with Gasteiger partial charge >= 0.3 is 0 Å². The summed E-state index contributed by atoms with van der Waals surface area (Å²) >= 11 is 0. The van der Waals surface area contributed by atoms with Crippen LogP contribution in [0.5, 0.6) is 0 Å². The molecule has 2 radical (unpaired) electrons. The van der Waals surface area contributed by atoms with Crippen molar-refractivity contribution in [2.75, 3.05) is 0 Å². The number of allylic oxidation sites excluding steroid dienone is 8. The summed E-state index contributed by atoms with van der Waals surface area (Å²) in [6.45, 7) is 15.8. The molecule has 0 aromatic rings. The van der Waals surface area contributed by atoms with Gasteiger partial charge in [0.05, 0.1) is 0 Å². The van der Waals surface area contributed by atoms with Crippen LogP contribution >= 0.6 is 0 Å². The van der Waals surface area contributed by atoms with Crippen LogP contribution in [0.1, 0.15) is 55.4 Å². The predicted molar refractivity (Wildman–Crippen MR) is 72.4 cm³/mol. The average Bonchev–Trinajstić information content (AvgIpc) is 2.35. The molecule has 98 valence electrons. The van der Waals surface area contributed by atoms with Gasteiger partial charge in [0.2, 0.25) is 0 Å². The van der Waals surface area contributed by atoms with Crippen LogP contribution in [0, 0.1) is 24.3 Å². The van der Waals surface area contributed by atoms with Gasteiger partial charge in [-0.2, -0.15) is 0 Å². The van der Waals surface area contributed by atoms with Crippen molar-refractivity contribution in [2.24, 2.45) is 0 Å². The molecule has 0 fully saturated rings. The molecule has 0 bridgehead atoms. The molecule has 0 rings (SSSR count). The summed E-state index contributed by atoms with van der Waals surface area (Å²) in [4.78, 5) is 0. The first-order chi connectivity index (χ1) is 7.44. The van der Waals surface area contributed by atoms with Crippen LogP contribution in [-0.2, 0) is 65.4 Å². The Balaban J connectivity index is -0.0000000980. The fourth-order valence-electron chi connectivity index (χ4n) is 0.750. The molecule has 0 saturated carbocycles. The van der Waals surface area contributed by atoms with Crippen molar-refractivity contribution < 1.29 is 65.4 Å². The minimum atomic E-state index is 0. The molecule has 0 atom stereocenters. The molecule has 0 aliphatic heterocycles. The van der Waals surface area contributed by atoms with E-state index in [1.54, 1.807) is 0 Å². The number of hydrogen-bond acceptors (Lipinski definition) is 0. The smallest absolute Gasteiger partial charge is 0 e. The van der Waals surface area contributed by atoms with Gasteiger partial charge in [-0.15, -0.1) is 55.4 Å². The van der Waals surface area contributed by atoms with Crippen molar-refractivity contribution in [1.82, 2.24) is 0 Å². The standard InChI is InChI=1S/2C8H12.2Y/c2*1-5-7(3)8(4)6-2;;/h2*1-4H3;;/q2*-2;;. The van der Waals surface area contributed by atoms with E-state index in [0.717, 1.165) is 0 Å². The Labute approximate surface area is 165 Å². The molecular formula is C16H24Y2-4. The van der Waals surface area contributed by atoms with Crippen molar-refractivity contribution in [3.8, 4) is 0 Å². The van der Waals surface area contributed by atoms with Crippen molar-refractivity contribution in [3.63, 3.8) is 0 Å². The Kier molecular flexibility index (Phi) is 27.8. The van der Waals surface area contributed by atoms with E-state index in [9.17, 15) is 0 Å². The van der Waals surface area contributed by atoms with E-state index in [0.29, 0.717) is 0 Å². The SMILES string of the molecule is C[C-]=C(C)C(C)=[C-]C.C[C-]=C(C)C(C)=[C-]C.[Y].[Y]. The van der Waals surface area contributed by atoms with Crippen LogP contribution in [0.25, 0.3) is 0 Å². The molecule has 0 nitrogen and oxygen atoms in total. The van der Waals surface area contributed by atoms with E-state index < -0.39 is 0 Å². The summed E-state index contributed by atoms with van der Waals surface area (Å²) in [6.07, 6.45) is 12.1. The van der Waals surface area contributed by atoms with Crippen LogP contribution in [0.2, 0.25) is 0 Å². The second-order valence-electron chi connectivity index (χ2n) is 3.50. The first-order valence-corrected chi connectivity index (χ1v) is 5.50. The predicted octanol–water partition coefficient (Wildman–Crippen LogP) is 5.05. The molecule has 0 saturated heterocycles. The normalized spacial score (nSPS) is 12.9. The van der Waals surface area contributed by atoms with E-state index in [1.807, 2.05) is 55.4 Å². The molecule has 0 aliphatic rings. The van der Waals surface area contributed by atoms with Crippen LogP contribution in [0.4, 0.5) is 0 Å². The molecule has 0 aromatic heterocycles. The second-order valence-corrected chi connectivity index (χ2v) is 3.50. The zero-order valence-electron chi connectivity index (χ0n) is 13.2. The van der Waals surface area contributed by atoms with E-state index in [4.69, 9.17) is 0 Å². The third-order valence-corrected chi connectivity index (χ3v) is 2.62. The first kappa shape index (κ1) is 27.5. The average molecular weight is 394 g/mol. The molecule has 0 amide bonds. The summed E-state index contributed by atoms with van der Waals surface area (Å²) in [5.74, 6) is 0. The molecule has 0 spiro atoms. The minimum absolute atomic E-state index is 0. The van der Waals surface area contributed by atoms with Gasteiger partial charge in [-0.1, -0.05) is 0 Å².